The molecule has 2 aliphatic carbocycles. The molecule has 10 heteroatoms. The van der Waals surface area contributed by atoms with E-state index < -0.39 is 46.8 Å². The third-order valence-corrected chi connectivity index (χ3v) is 10.6. The van der Waals surface area contributed by atoms with Crippen LogP contribution in [0.15, 0.2) is 78.4 Å². The summed E-state index contributed by atoms with van der Waals surface area (Å²) in [6, 6.07) is 18.8. The van der Waals surface area contributed by atoms with Gasteiger partial charge in [0.25, 0.3) is 0 Å². The Labute approximate surface area is 271 Å². The van der Waals surface area contributed by atoms with Gasteiger partial charge in [0.1, 0.15) is 17.2 Å². The number of rotatable bonds is 6. The first-order valence-corrected chi connectivity index (χ1v) is 15.8. The number of carbonyl (C=O) groups is 4. The molecule has 6 unspecified atom stereocenters. The van der Waals surface area contributed by atoms with E-state index >= 15 is 4.79 Å². The van der Waals surface area contributed by atoms with Crippen LogP contribution in [0.5, 0.6) is 17.2 Å². The monoisotopic (exact) mass is 640 g/mol. The highest BCUT2D eigenvalue weighted by atomic mass is 35.5. The third kappa shape index (κ3) is 4.00. The molecule has 2 aliphatic heterocycles. The van der Waals surface area contributed by atoms with Gasteiger partial charge in [-0.1, -0.05) is 59.6 Å². The van der Waals surface area contributed by atoms with Crippen molar-refractivity contribution in [3.05, 3.63) is 94.5 Å². The highest BCUT2D eigenvalue weighted by molar-refractivity contribution is 6.32. The zero-order chi connectivity index (χ0) is 32.5. The number of phenols is 1. The molecule has 0 spiro atoms. The van der Waals surface area contributed by atoms with E-state index in [1.165, 1.54) is 30.1 Å². The van der Waals surface area contributed by atoms with Crippen molar-refractivity contribution in [2.24, 2.45) is 23.7 Å². The molecule has 3 aromatic rings. The minimum Gasteiger partial charge on any atom is -0.507 e. The van der Waals surface area contributed by atoms with Crippen molar-refractivity contribution in [2.45, 2.75) is 31.1 Å². The summed E-state index contributed by atoms with van der Waals surface area (Å²) in [6.07, 6.45) is 2.41. The summed E-state index contributed by atoms with van der Waals surface area (Å²) in [5.41, 5.74) is 0.426. The number of carbonyl (C=O) groups excluding carboxylic acids is 4. The van der Waals surface area contributed by atoms with E-state index in [1.807, 2.05) is 36.4 Å². The van der Waals surface area contributed by atoms with E-state index in [4.69, 9.17) is 21.1 Å². The minimum absolute atomic E-state index is 0.163. The largest absolute Gasteiger partial charge is 0.507 e. The van der Waals surface area contributed by atoms with Gasteiger partial charge in [-0.2, -0.15) is 0 Å². The molecule has 0 aromatic heterocycles. The number of phenolic OH excluding ortho intramolecular Hbond substituents is 1. The number of imide groups is 2. The van der Waals surface area contributed by atoms with E-state index in [0.717, 1.165) is 5.57 Å². The highest BCUT2D eigenvalue weighted by Gasteiger charge is 2.70. The van der Waals surface area contributed by atoms with E-state index in [1.54, 1.807) is 37.3 Å². The Kier molecular flexibility index (Phi) is 7.20. The number of ether oxygens (including phenoxy) is 2. The lowest BCUT2D eigenvalue weighted by atomic mass is 9.49. The molecular weight excluding hydrogens is 608 g/mol. The number of allylic oxidation sites excluding steroid dienone is 2. The van der Waals surface area contributed by atoms with Crippen molar-refractivity contribution in [1.82, 2.24) is 4.90 Å². The first kappa shape index (κ1) is 30.0. The van der Waals surface area contributed by atoms with Gasteiger partial charge >= 0.3 is 0 Å². The van der Waals surface area contributed by atoms with Crippen molar-refractivity contribution in [3.63, 3.8) is 0 Å². The highest BCUT2D eigenvalue weighted by Crippen LogP contribution is 2.66. The first-order chi connectivity index (χ1) is 22.2. The molecule has 2 saturated heterocycles. The van der Waals surface area contributed by atoms with Gasteiger partial charge in [0.05, 0.1) is 43.1 Å². The van der Waals surface area contributed by atoms with Crippen molar-refractivity contribution >= 4 is 40.9 Å². The number of aromatic hydroxyl groups is 1. The van der Waals surface area contributed by atoms with E-state index in [-0.39, 0.29) is 36.3 Å². The Hall–Kier alpha value is -4.63. The summed E-state index contributed by atoms with van der Waals surface area (Å²) in [4.78, 5) is 59.8. The topological polar surface area (TPSA) is 113 Å². The third-order valence-electron chi connectivity index (χ3n) is 10.4. The number of benzene rings is 3. The maximum atomic E-state index is 15.3. The van der Waals surface area contributed by atoms with Crippen molar-refractivity contribution in [2.75, 3.05) is 25.7 Å². The Morgan fingerprint density at radius 3 is 2.35 bits per heavy atom. The second-order valence-corrected chi connectivity index (χ2v) is 12.7. The van der Waals surface area contributed by atoms with Crippen molar-refractivity contribution in [1.29, 1.82) is 0 Å². The Morgan fingerprint density at radius 2 is 1.67 bits per heavy atom. The normalized spacial score (nSPS) is 28.5. The molecular formula is C36H33ClN2O7. The van der Waals surface area contributed by atoms with Crippen LogP contribution in [0.3, 0.4) is 0 Å². The van der Waals surface area contributed by atoms with Gasteiger partial charge in [0.15, 0.2) is 0 Å². The number of likely N-dealkylation sites (tertiary alicyclic amines) is 1. The fourth-order valence-electron chi connectivity index (χ4n) is 8.60. The van der Waals surface area contributed by atoms with Crippen LogP contribution in [0.2, 0.25) is 5.02 Å². The maximum absolute atomic E-state index is 15.3. The Bertz CT molecular complexity index is 1820. The fraction of sp³-hybridized carbons (Fsp3) is 0.333. The van der Waals surface area contributed by atoms with Crippen LogP contribution in [0.1, 0.15) is 36.8 Å². The Balaban J connectivity index is 1.55. The van der Waals surface area contributed by atoms with Crippen LogP contribution >= 0.6 is 11.6 Å². The number of fused-ring (bicyclic) bond motifs is 4. The molecule has 1 saturated carbocycles. The quantitative estimate of drug-likeness (QED) is 0.289. The lowest BCUT2D eigenvalue weighted by molar-refractivity contribution is -0.140. The molecule has 9 nitrogen and oxygen atoms in total. The van der Waals surface area contributed by atoms with Crippen LogP contribution in [0.25, 0.3) is 0 Å². The lowest BCUT2D eigenvalue weighted by Gasteiger charge is -2.51. The molecule has 46 heavy (non-hydrogen) atoms. The first-order valence-electron chi connectivity index (χ1n) is 15.4. The number of halogens is 1. The predicted molar refractivity (Wildman–Crippen MR) is 170 cm³/mol. The van der Waals surface area contributed by atoms with E-state index in [0.29, 0.717) is 34.0 Å². The van der Waals surface area contributed by atoms with Crippen LogP contribution in [-0.4, -0.2) is 54.4 Å². The van der Waals surface area contributed by atoms with Crippen molar-refractivity contribution < 1.29 is 33.8 Å². The van der Waals surface area contributed by atoms with Gasteiger partial charge in [-0.15, -0.1) is 0 Å². The molecule has 3 aromatic carbocycles. The van der Waals surface area contributed by atoms with Crippen LogP contribution in [0.4, 0.5) is 5.69 Å². The molecule has 0 bridgehead atoms. The molecule has 1 N–H and O–H groups in total. The number of anilines is 1. The van der Waals surface area contributed by atoms with Crippen LogP contribution < -0.4 is 14.4 Å². The zero-order valence-corrected chi connectivity index (χ0v) is 26.4. The van der Waals surface area contributed by atoms with Gasteiger partial charge in [-0.3, -0.25) is 24.1 Å². The zero-order valence-electron chi connectivity index (χ0n) is 25.6. The lowest BCUT2D eigenvalue weighted by Crippen LogP contribution is -2.53. The number of amides is 4. The maximum Gasteiger partial charge on any atom is 0.246 e. The summed E-state index contributed by atoms with van der Waals surface area (Å²) in [7, 11) is 2.94. The summed E-state index contributed by atoms with van der Waals surface area (Å²) in [5, 5.41) is 12.1. The summed E-state index contributed by atoms with van der Waals surface area (Å²) >= 11 is 6.36. The molecule has 0 radical (unpaired) electrons. The second kappa shape index (κ2) is 11.0. The Morgan fingerprint density at radius 1 is 0.913 bits per heavy atom. The fourth-order valence-corrected chi connectivity index (χ4v) is 8.78. The van der Waals surface area contributed by atoms with Gasteiger partial charge < -0.3 is 14.6 Å². The number of methoxy groups -OCH3 is 2. The van der Waals surface area contributed by atoms with Gasteiger partial charge in [0, 0.05) is 35.2 Å². The predicted octanol–water partition coefficient (Wildman–Crippen LogP) is 5.25. The van der Waals surface area contributed by atoms with E-state index in [2.05, 4.69) is 0 Å². The molecule has 7 rings (SSSR count). The number of hydrogen-bond donors (Lipinski definition) is 1. The van der Waals surface area contributed by atoms with Crippen LogP contribution in [0, 0.1) is 23.7 Å². The smallest absolute Gasteiger partial charge is 0.246 e. The summed E-state index contributed by atoms with van der Waals surface area (Å²) in [5.74, 6) is -4.63. The minimum atomic E-state index is -1.54. The van der Waals surface area contributed by atoms with Gasteiger partial charge in [-0.25, -0.2) is 4.90 Å². The average molecular weight is 641 g/mol. The molecule has 2 heterocycles. The second-order valence-electron chi connectivity index (χ2n) is 12.3. The summed E-state index contributed by atoms with van der Waals surface area (Å²) < 4.78 is 11.3. The molecule has 4 aliphatic rings. The molecule has 236 valence electrons. The molecule has 6 atom stereocenters. The average Bonchev–Trinajstić information content (AvgIpc) is 3.45. The van der Waals surface area contributed by atoms with Crippen LogP contribution in [-0.2, 0) is 24.6 Å². The molecule has 3 fully saturated rings. The SMILES string of the molecule is CCN1C(=O)C2CC=C3C(CC4C(=O)N(c5cccc(Cl)c5)C(=O)C4(c4ccccc4)C3c3c(O)cc(OC)cc3OC)C2C1=O. The number of hydrogen-bond acceptors (Lipinski definition) is 7. The van der Waals surface area contributed by atoms with Gasteiger partial charge in [0.2, 0.25) is 23.6 Å². The standard InChI is InChI=1S/C36H33ClN2O7/c1-4-38-32(41)24-14-13-23-25(29(24)34(38)43)18-26-33(42)39(21-12-8-11-20(37)15-21)35(44)36(26,19-9-6-5-7-10-19)31(23)30-27(40)16-22(45-2)17-28(30)46-3/h5-13,15-17,24-26,29,31,40H,4,14,18H2,1-3H3. The summed E-state index contributed by atoms with van der Waals surface area (Å²) in [6.45, 7) is 2.02. The van der Waals surface area contributed by atoms with E-state index in [9.17, 15) is 19.5 Å². The number of nitrogens with zero attached hydrogens (tertiary/aromatic N) is 2. The van der Waals surface area contributed by atoms with Crippen molar-refractivity contribution in [3.8, 4) is 17.2 Å². The van der Waals surface area contributed by atoms with Gasteiger partial charge in [-0.05, 0) is 49.4 Å². The molecule has 4 amide bonds.